The van der Waals surface area contributed by atoms with Crippen molar-refractivity contribution in [2.75, 3.05) is 20.1 Å². The Morgan fingerprint density at radius 2 is 2.07 bits per heavy atom. The number of hydrogen-bond acceptors (Lipinski definition) is 2. The topological polar surface area (TPSA) is 32.3 Å². The van der Waals surface area contributed by atoms with E-state index in [4.69, 9.17) is 11.6 Å². The molecule has 0 fully saturated rings. The van der Waals surface area contributed by atoms with Crippen molar-refractivity contribution in [1.82, 2.24) is 10.2 Å². The third-order valence-corrected chi connectivity index (χ3v) is 2.67. The molecule has 2 atom stereocenters. The third-order valence-electron chi connectivity index (χ3n) is 2.47. The van der Waals surface area contributed by atoms with E-state index in [0.717, 1.165) is 13.0 Å². The Morgan fingerprint density at radius 1 is 1.50 bits per heavy atom. The number of carbonyl (C=O) groups excluding carboxylic acids is 1. The Labute approximate surface area is 91.8 Å². The molecule has 0 radical (unpaired) electrons. The maximum atomic E-state index is 11.1. The van der Waals surface area contributed by atoms with Crippen molar-refractivity contribution < 1.29 is 4.79 Å². The first kappa shape index (κ1) is 13.7. The average molecular weight is 221 g/mol. The summed E-state index contributed by atoms with van der Waals surface area (Å²) in [6, 6.07) is 0.556. The van der Waals surface area contributed by atoms with Crippen molar-refractivity contribution in [3.8, 4) is 0 Å². The van der Waals surface area contributed by atoms with Crippen LogP contribution >= 0.6 is 11.6 Å². The number of hydrogen-bond donors (Lipinski definition) is 1. The highest BCUT2D eigenvalue weighted by Gasteiger charge is 2.09. The Hall–Kier alpha value is -0.280. The standard InChI is InChI=1S/C10H21ClN2O/c1-5-8(2)13(4)7-6-12-10(14)9(3)11/h8-9H,5-7H2,1-4H3,(H,12,14). The molecule has 0 saturated carbocycles. The molecule has 0 heterocycles. The molecular weight excluding hydrogens is 200 g/mol. The van der Waals surface area contributed by atoms with Crippen molar-refractivity contribution in [1.29, 1.82) is 0 Å². The van der Waals surface area contributed by atoms with E-state index in [0.29, 0.717) is 12.6 Å². The van der Waals surface area contributed by atoms with E-state index in [1.165, 1.54) is 0 Å². The molecule has 1 amide bonds. The zero-order valence-corrected chi connectivity index (χ0v) is 10.3. The van der Waals surface area contributed by atoms with Crippen LogP contribution in [0, 0.1) is 0 Å². The maximum Gasteiger partial charge on any atom is 0.237 e. The highest BCUT2D eigenvalue weighted by atomic mass is 35.5. The second kappa shape index (κ2) is 7.07. The number of amides is 1. The van der Waals surface area contributed by atoms with Gasteiger partial charge >= 0.3 is 0 Å². The minimum absolute atomic E-state index is 0.0933. The highest BCUT2D eigenvalue weighted by Crippen LogP contribution is 1.98. The largest absolute Gasteiger partial charge is 0.354 e. The number of nitrogens with one attached hydrogen (secondary N) is 1. The van der Waals surface area contributed by atoms with Gasteiger partial charge in [0.1, 0.15) is 5.38 Å². The summed E-state index contributed by atoms with van der Waals surface area (Å²) in [5.74, 6) is -0.0933. The van der Waals surface area contributed by atoms with Crippen LogP contribution in [-0.4, -0.2) is 42.4 Å². The van der Waals surface area contributed by atoms with E-state index < -0.39 is 5.38 Å². The normalized spacial score (nSPS) is 15.3. The summed E-state index contributed by atoms with van der Waals surface area (Å²) in [7, 11) is 2.06. The van der Waals surface area contributed by atoms with Gasteiger partial charge in [0.25, 0.3) is 0 Å². The van der Waals surface area contributed by atoms with E-state index in [1.807, 2.05) is 0 Å². The number of nitrogens with zero attached hydrogens (tertiary/aromatic N) is 1. The number of halogens is 1. The molecule has 4 heteroatoms. The van der Waals surface area contributed by atoms with E-state index in [1.54, 1.807) is 6.92 Å². The van der Waals surface area contributed by atoms with Crippen molar-refractivity contribution in [3.63, 3.8) is 0 Å². The van der Waals surface area contributed by atoms with Gasteiger partial charge in [-0.3, -0.25) is 4.79 Å². The summed E-state index contributed by atoms with van der Waals surface area (Å²) in [5, 5.41) is 2.34. The lowest BCUT2D eigenvalue weighted by atomic mass is 10.2. The fraction of sp³-hybridized carbons (Fsp3) is 0.900. The van der Waals surface area contributed by atoms with Gasteiger partial charge in [-0.2, -0.15) is 0 Å². The molecular formula is C10H21ClN2O. The first-order valence-corrected chi connectivity index (χ1v) is 5.54. The molecule has 0 saturated heterocycles. The third kappa shape index (κ3) is 5.45. The molecule has 0 aliphatic heterocycles. The molecule has 0 bridgehead atoms. The summed E-state index contributed by atoms with van der Waals surface area (Å²) in [5.41, 5.74) is 0. The fourth-order valence-electron chi connectivity index (χ4n) is 1.03. The van der Waals surface area contributed by atoms with Crippen LogP contribution in [0.2, 0.25) is 0 Å². The fourth-order valence-corrected chi connectivity index (χ4v) is 1.11. The average Bonchev–Trinajstić information content (AvgIpc) is 2.15. The molecule has 2 unspecified atom stereocenters. The molecule has 1 N–H and O–H groups in total. The summed E-state index contributed by atoms with van der Waals surface area (Å²) in [6.07, 6.45) is 1.12. The smallest absolute Gasteiger partial charge is 0.237 e. The van der Waals surface area contributed by atoms with E-state index >= 15 is 0 Å². The van der Waals surface area contributed by atoms with Crippen molar-refractivity contribution in [2.24, 2.45) is 0 Å². The Morgan fingerprint density at radius 3 is 2.50 bits per heavy atom. The second-order valence-corrected chi connectivity index (χ2v) is 4.30. The van der Waals surface area contributed by atoms with Gasteiger partial charge in [0, 0.05) is 19.1 Å². The van der Waals surface area contributed by atoms with Crippen LogP contribution in [0.3, 0.4) is 0 Å². The van der Waals surface area contributed by atoms with Gasteiger partial charge in [-0.25, -0.2) is 0 Å². The first-order chi connectivity index (χ1) is 6.49. The molecule has 14 heavy (non-hydrogen) atoms. The molecule has 0 aromatic heterocycles. The van der Waals surface area contributed by atoms with Gasteiger partial charge in [-0.15, -0.1) is 11.6 Å². The number of likely N-dealkylation sites (N-methyl/N-ethyl adjacent to an activating group) is 1. The number of carbonyl (C=O) groups is 1. The molecule has 0 rings (SSSR count). The lowest BCUT2D eigenvalue weighted by molar-refractivity contribution is -0.120. The summed E-state index contributed by atoms with van der Waals surface area (Å²) < 4.78 is 0. The molecule has 0 aliphatic rings. The molecule has 0 aliphatic carbocycles. The lowest BCUT2D eigenvalue weighted by Gasteiger charge is -2.23. The zero-order chi connectivity index (χ0) is 11.1. The first-order valence-electron chi connectivity index (χ1n) is 5.11. The van der Waals surface area contributed by atoms with Crippen LogP contribution in [0.1, 0.15) is 27.2 Å². The quantitative estimate of drug-likeness (QED) is 0.688. The number of alkyl halides is 1. The SMILES string of the molecule is CCC(C)N(C)CCNC(=O)C(C)Cl. The molecule has 3 nitrogen and oxygen atoms in total. The Kier molecular flexibility index (Phi) is 6.93. The second-order valence-electron chi connectivity index (χ2n) is 3.64. The van der Waals surface area contributed by atoms with Crippen LogP contribution < -0.4 is 5.32 Å². The van der Waals surface area contributed by atoms with Gasteiger partial charge in [0.05, 0.1) is 0 Å². The molecule has 0 aromatic rings. The minimum Gasteiger partial charge on any atom is -0.354 e. The maximum absolute atomic E-state index is 11.1. The summed E-state index contributed by atoms with van der Waals surface area (Å²) in [6.45, 7) is 7.53. The van der Waals surface area contributed by atoms with E-state index in [2.05, 4.69) is 31.1 Å². The molecule has 0 spiro atoms. The zero-order valence-electron chi connectivity index (χ0n) is 9.51. The van der Waals surface area contributed by atoms with Gasteiger partial charge in [0.2, 0.25) is 5.91 Å². The van der Waals surface area contributed by atoms with Gasteiger partial charge < -0.3 is 10.2 Å². The van der Waals surface area contributed by atoms with E-state index in [9.17, 15) is 4.79 Å². The summed E-state index contributed by atoms with van der Waals surface area (Å²) in [4.78, 5) is 13.3. The minimum atomic E-state index is -0.441. The number of rotatable bonds is 6. The van der Waals surface area contributed by atoms with Gasteiger partial charge in [-0.05, 0) is 27.3 Å². The lowest BCUT2D eigenvalue weighted by Crippen LogP contribution is -2.38. The molecule has 0 aromatic carbocycles. The van der Waals surface area contributed by atoms with Crippen LogP contribution in [0.15, 0.2) is 0 Å². The Balaban J connectivity index is 3.59. The van der Waals surface area contributed by atoms with E-state index in [-0.39, 0.29) is 5.91 Å². The molecule has 84 valence electrons. The van der Waals surface area contributed by atoms with Gasteiger partial charge in [0.15, 0.2) is 0 Å². The van der Waals surface area contributed by atoms with Crippen LogP contribution in [0.4, 0.5) is 0 Å². The van der Waals surface area contributed by atoms with Crippen molar-refractivity contribution >= 4 is 17.5 Å². The van der Waals surface area contributed by atoms with Crippen molar-refractivity contribution in [2.45, 2.75) is 38.6 Å². The van der Waals surface area contributed by atoms with Gasteiger partial charge in [-0.1, -0.05) is 6.92 Å². The van der Waals surface area contributed by atoms with Crippen LogP contribution in [-0.2, 0) is 4.79 Å². The van der Waals surface area contributed by atoms with Crippen LogP contribution in [0.25, 0.3) is 0 Å². The predicted molar refractivity (Wildman–Crippen MR) is 60.7 cm³/mol. The monoisotopic (exact) mass is 220 g/mol. The predicted octanol–water partition coefficient (Wildman–Crippen LogP) is 1.46. The Bertz CT molecular complexity index is 174. The highest BCUT2D eigenvalue weighted by molar-refractivity contribution is 6.30. The van der Waals surface area contributed by atoms with Crippen molar-refractivity contribution in [3.05, 3.63) is 0 Å². The van der Waals surface area contributed by atoms with Crippen LogP contribution in [0.5, 0.6) is 0 Å². The summed E-state index contributed by atoms with van der Waals surface area (Å²) >= 11 is 5.61.